The smallest absolute Gasteiger partial charge is 0.305 e. The zero-order valence-electron chi connectivity index (χ0n) is 13.1. The van der Waals surface area contributed by atoms with Crippen molar-refractivity contribution in [3.8, 4) is 0 Å². The number of rotatable bonds is 6. The van der Waals surface area contributed by atoms with Gasteiger partial charge in [0.15, 0.2) is 0 Å². The summed E-state index contributed by atoms with van der Waals surface area (Å²) in [6.45, 7) is 2.24. The molecule has 0 amide bonds. The van der Waals surface area contributed by atoms with Gasteiger partial charge in [0.05, 0.1) is 12.0 Å². The van der Waals surface area contributed by atoms with Gasteiger partial charge in [-0.3, -0.25) is 4.79 Å². The van der Waals surface area contributed by atoms with Crippen LogP contribution in [0.2, 0.25) is 0 Å². The molecule has 1 fully saturated rings. The zero-order valence-corrected chi connectivity index (χ0v) is 15.5. The van der Waals surface area contributed by atoms with Crippen molar-refractivity contribution in [2.75, 3.05) is 6.61 Å². The van der Waals surface area contributed by atoms with Crippen LogP contribution in [0.25, 0.3) is 0 Å². The summed E-state index contributed by atoms with van der Waals surface area (Å²) in [6.07, 6.45) is 7.56. The van der Waals surface area contributed by atoms with Crippen LogP contribution in [0, 0.1) is 0 Å². The molecule has 0 radical (unpaired) electrons. The number of benzene rings is 1. The Kier molecular flexibility index (Phi) is 7.23. The van der Waals surface area contributed by atoms with Gasteiger partial charge >= 0.3 is 5.97 Å². The zero-order chi connectivity index (χ0) is 15.9. The second kappa shape index (κ2) is 8.93. The van der Waals surface area contributed by atoms with Crippen molar-refractivity contribution in [1.82, 2.24) is 0 Å². The number of halogens is 2. The Labute approximate surface area is 146 Å². The lowest BCUT2D eigenvalue weighted by Crippen LogP contribution is -2.07. The molecule has 2 nitrogen and oxygen atoms in total. The first-order valence-corrected chi connectivity index (χ1v) is 9.43. The van der Waals surface area contributed by atoms with E-state index < -0.39 is 0 Å². The Morgan fingerprint density at radius 1 is 1.36 bits per heavy atom. The Morgan fingerprint density at radius 2 is 2.09 bits per heavy atom. The first-order chi connectivity index (χ1) is 10.6. The second-order valence-corrected chi connectivity index (χ2v) is 7.31. The molecule has 4 heteroatoms. The van der Waals surface area contributed by atoms with Crippen LogP contribution in [0.15, 0.2) is 22.7 Å². The van der Waals surface area contributed by atoms with Crippen molar-refractivity contribution in [3.05, 3.63) is 33.8 Å². The fourth-order valence-electron chi connectivity index (χ4n) is 3.13. The van der Waals surface area contributed by atoms with Crippen LogP contribution in [-0.2, 0) is 9.53 Å². The van der Waals surface area contributed by atoms with Crippen LogP contribution >= 0.6 is 27.5 Å². The van der Waals surface area contributed by atoms with Gasteiger partial charge in [-0.2, -0.15) is 0 Å². The highest BCUT2D eigenvalue weighted by Crippen LogP contribution is 2.38. The van der Waals surface area contributed by atoms with E-state index in [2.05, 4.69) is 34.1 Å². The summed E-state index contributed by atoms with van der Waals surface area (Å²) < 4.78 is 6.10. The Morgan fingerprint density at radius 3 is 2.73 bits per heavy atom. The minimum absolute atomic E-state index is 0.152. The maximum absolute atomic E-state index is 11.4. The van der Waals surface area contributed by atoms with E-state index in [4.69, 9.17) is 16.3 Å². The number of carbonyl (C=O) groups excluding carboxylic acids is 1. The van der Waals surface area contributed by atoms with E-state index >= 15 is 0 Å². The van der Waals surface area contributed by atoms with Gasteiger partial charge < -0.3 is 4.74 Å². The maximum atomic E-state index is 11.4. The van der Waals surface area contributed by atoms with E-state index in [0.717, 1.165) is 10.0 Å². The molecule has 22 heavy (non-hydrogen) atoms. The Hall–Kier alpha value is -0.540. The Balaban J connectivity index is 1.97. The highest BCUT2D eigenvalue weighted by Gasteiger charge is 2.19. The van der Waals surface area contributed by atoms with Gasteiger partial charge in [-0.15, -0.1) is 11.6 Å². The van der Waals surface area contributed by atoms with Crippen molar-refractivity contribution in [3.63, 3.8) is 0 Å². The summed E-state index contributed by atoms with van der Waals surface area (Å²) in [5.41, 5.74) is 2.47. The van der Waals surface area contributed by atoms with Gasteiger partial charge in [0, 0.05) is 10.9 Å². The summed E-state index contributed by atoms with van der Waals surface area (Å²) in [5.74, 6) is 0.497. The van der Waals surface area contributed by atoms with Gasteiger partial charge in [0.25, 0.3) is 0 Å². The lowest BCUT2D eigenvalue weighted by atomic mass is 9.84. The van der Waals surface area contributed by atoms with E-state index in [1.807, 2.05) is 6.92 Å². The molecule has 1 atom stereocenters. The number of esters is 1. The van der Waals surface area contributed by atoms with Crippen LogP contribution in [0.5, 0.6) is 0 Å². The molecule has 122 valence electrons. The molecule has 1 aromatic carbocycles. The molecule has 1 aliphatic carbocycles. The van der Waals surface area contributed by atoms with Gasteiger partial charge in [0.2, 0.25) is 0 Å². The molecular formula is C18H24BrClO2. The summed E-state index contributed by atoms with van der Waals surface area (Å²) >= 11 is 10.1. The van der Waals surface area contributed by atoms with Crippen molar-refractivity contribution < 1.29 is 9.53 Å². The van der Waals surface area contributed by atoms with Crippen molar-refractivity contribution in [2.24, 2.45) is 0 Å². The van der Waals surface area contributed by atoms with Gasteiger partial charge in [-0.05, 0) is 49.3 Å². The van der Waals surface area contributed by atoms with Crippen LogP contribution < -0.4 is 0 Å². The summed E-state index contributed by atoms with van der Waals surface area (Å²) in [5, 5.41) is -0.152. The van der Waals surface area contributed by atoms with E-state index in [1.54, 1.807) is 0 Å². The van der Waals surface area contributed by atoms with Crippen LogP contribution in [0.3, 0.4) is 0 Å². The first kappa shape index (κ1) is 17.8. The number of alkyl halides is 1. The molecule has 0 N–H and O–H groups in total. The van der Waals surface area contributed by atoms with Crippen molar-refractivity contribution in [1.29, 1.82) is 0 Å². The van der Waals surface area contributed by atoms with Crippen LogP contribution in [-0.4, -0.2) is 12.6 Å². The fourth-order valence-corrected chi connectivity index (χ4v) is 4.09. The SMILES string of the molecule is CCOC(=O)CCC(Cl)c1ccc(C2CCCCC2)c(Br)c1. The third kappa shape index (κ3) is 4.99. The third-order valence-corrected chi connectivity index (χ3v) is 5.50. The van der Waals surface area contributed by atoms with Crippen LogP contribution in [0.1, 0.15) is 74.3 Å². The number of hydrogen-bond donors (Lipinski definition) is 0. The van der Waals surface area contributed by atoms with Gasteiger partial charge in [-0.1, -0.05) is 47.3 Å². The summed E-state index contributed by atoms with van der Waals surface area (Å²) in [7, 11) is 0. The normalized spacial score (nSPS) is 17.2. The molecule has 0 spiro atoms. The number of carbonyl (C=O) groups is 1. The van der Waals surface area contributed by atoms with Gasteiger partial charge in [0.1, 0.15) is 0 Å². The molecule has 0 bridgehead atoms. The predicted molar refractivity (Wildman–Crippen MR) is 94.4 cm³/mol. The predicted octanol–water partition coefficient (Wildman–Crippen LogP) is 6.12. The molecule has 0 aromatic heterocycles. The highest BCUT2D eigenvalue weighted by atomic mass is 79.9. The first-order valence-electron chi connectivity index (χ1n) is 8.20. The molecule has 0 heterocycles. The van der Waals surface area contributed by atoms with E-state index in [0.29, 0.717) is 25.4 Å². The molecule has 1 saturated carbocycles. The van der Waals surface area contributed by atoms with E-state index in [9.17, 15) is 4.79 Å². The summed E-state index contributed by atoms with van der Waals surface area (Å²) in [6, 6.07) is 6.43. The second-order valence-electron chi connectivity index (χ2n) is 5.93. The third-order valence-electron chi connectivity index (χ3n) is 4.34. The number of hydrogen-bond acceptors (Lipinski definition) is 2. The molecule has 0 saturated heterocycles. The highest BCUT2D eigenvalue weighted by molar-refractivity contribution is 9.10. The summed E-state index contributed by atoms with van der Waals surface area (Å²) in [4.78, 5) is 11.4. The molecule has 2 rings (SSSR count). The minimum Gasteiger partial charge on any atom is -0.466 e. The fraction of sp³-hybridized carbons (Fsp3) is 0.611. The number of ether oxygens (including phenoxy) is 1. The quantitative estimate of drug-likeness (QED) is 0.434. The van der Waals surface area contributed by atoms with Crippen molar-refractivity contribution in [2.45, 2.75) is 63.2 Å². The monoisotopic (exact) mass is 386 g/mol. The van der Waals surface area contributed by atoms with E-state index in [1.165, 1.54) is 37.7 Å². The lowest BCUT2D eigenvalue weighted by Gasteiger charge is -2.23. The molecule has 1 unspecified atom stereocenters. The topological polar surface area (TPSA) is 26.3 Å². The average Bonchev–Trinajstić information content (AvgIpc) is 2.53. The van der Waals surface area contributed by atoms with E-state index in [-0.39, 0.29) is 11.3 Å². The maximum Gasteiger partial charge on any atom is 0.305 e. The standard InChI is InChI=1S/C18H24BrClO2/c1-2-22-18(21)11-10-17(20)14-8-9-15(16(19)12-14)13-6-4-3-5-7-13/h8-9,12-13,17H,2-7,10-11H2,1H3. The van der Waals surface area contributed by atoms with Crippen LogP contribution in [0.4, 0.5) is 0 Å². The average molecular weight is 388 g/mol. The molecule has 1 aromatic rings. The van der Waals surface area contributed by atoms with Gasteiger partial charge in [-0.25, -0.2) is 0 Å². The Bertz CT molecular complexity index is 498. The lowest BCUT2D eigenvalue weighted by molar-refractivity contribution is -0.143. The largest absolute Gasteiger partial charge is 0.466 e. The molecule has 1 aliphatic rings. The van der Waals surface area contributed by atoms with Crippen molar-refractivity contribution >= 4 is 33.5 Å². The molecular weight excluding hydrogens is 364 g/mol. The molecule has 0 aliphatic heterocycles. The minimum atomic E-state index is -0.175.